The maximum absolute atomic E-state index is 5.86. The maximum Gasteiger partial charge on any atom is 0.121 e. The van der Waals surface area contributed by atoms with E-state index in [0.29, 0.717) is 12.5 Å². The van der Waals surface area contributed by atoms with Crippen molar-refractivity contribution in [2.45, 2.75) is 58.8 Å². The predicted octanol–water partition coefficient (Wildman–Crippen LogP) is 6.65. The molecule has 0 bridgehead atoms. The highest BCUT2D eigenvalue weighted by molar-refractivity contribution is 5.48. The highest BCUT2D eigenvalue weighted by atomic mass is 16.5. The van der Waals surface area contributed by atoms with E-state index >= 15 is 0 Å². The van der Waals surface area contributed by atoms with Gasteiger partial charge in [0.05, 0.1) is 6.61 Å². The van der Waals surface area contributed by atoms with E-state index in [-0.39, 0.29) is 0 Å². The summed E-state index contributed by atoms with van der Waals surface area (Å²) in [7, 11) is 0. The monoisotopic (exact) mass is 369 g/mol. The Hall–Kier alpha value is -2.16. The lowest BCUT2D eigenvalue weighted by Crippen LogP contribution is -2.11. The maximum atomic E-state index is 5.86. The molecular formula is C24H35NO2. The molecule has 0 heterocycles. The summed E-state index contributed by atoms with van der Waals surface area (Å²) in [5, 5.41) is 3.40. The van der Waals surface area contributed by atoms with Gasteiger partial charge < -0.3 is 14.8 Å². The predicted molar refractivity (Wildman–Crippen MR) is 115 cm³/mol. The molecule has 0 unspecified atom stereocenters. The Balaban J connectivity index is 1.65. The van der Waals surface area contributed by atoms with Crippen LogP contribution in [0.5, 0.6) is 11.5 Å². The molecule has 2 rings (SSSR count). The molecule has 0 fully saturated rings. The van der Waals surface area contributed by atoms with Gasteiger partial charge in [0.25, 0.3) is 0 Å². The van der Waals surface area contributed by atoms with Crippen LogP contribution in [0.25, 0.3) is 0 Å². The molecule has 2 aromatic rings. The van der Waals surface area contributed by atoms with Gasteiger partial charge in [-0.05, 0) is 42.2 Å². The van der Waals surface area contributed by atoms with Crippen LogP contribution in [-0.2, 0) is 0 Å². The van der Waals surface area contributed by atoms with Gasteiger partial charge in [-0.1, -0.05) is 64.7 Å². The molecule has 0 aliphatic carbocycles. The Morgan fingerprint density at radius 2 is 1.56 bits per heavy atom. The lowest BCUT2D eigenvalue weighted by atomic mass is 10.0. The summed E-state index contributed by atoms with van der Waals surface area (Å²) < 4.78 is 11.7. The molecule has 0 saturated carbocycles. The molecule has 1 N–H and O–H groups in total. The number of anilines is 1. The van der Waals surface area contributed by atoms with Crippen LogP contribution < -0.4 is 14.8 Å². The van der Waals surface area contributed by atoms with Gasteiger partial charge in [0, 0.05) is 18.3 Å². The second-order valence-corrected chi connectivity index (χ2v) is 7.29. The molecule has 0 amide bonds. The van der Waals surface area contributed by atoms with E-state index in [0.717, 1.165) is 36.8 Å². The van der Waals surface area contributed by atoms with Crippen LogP contribution in [0.4, 0.5) is 5.69 Å². The third-order valence-electron chi connectivity index (χ3n) is 4.60. The molecule has 148 valence electrons. The van der Waals surface area contributed by atoms with Crippen molar-refractivity contribution in [2.24, 2.45) is 0 Å². The average Bonchev–Trinajstić information content (AvgIpc) is 2.69. The smallest absolute Gasteiger partial charge is 0.121 e. The topological polar surface area (TPSA) is 30.5 Å². The number of unbranched alkanes of at least 4 members (excludes halogenated alkanes) is 4. The van der Waals surface area contributed by atoms with Gasteiger partial charge in [-0.2, -0.15) is 0 Å². The fourth-order valence-electron chi connectivity index (χ4n) is 2.90. The zero-order valence-electron chi connectivity index (χ0n) is 17.2. The van der Waals surface area contributed by atoms with Crippen molar-refractivity contribution in [1.82, 2.24) is 0 Å². The Bertz CT molecular complexity index is 637. The van der Waals surface area contributed by atoms with Crippen LogP contribution in [0.1, 0.15) is 64.4 Å². The molecule has 3 nitrogen and oxygen atoms in total. The van der Waals surface area contributed by atoms with Gasteiger partial charge in [0.15, 0.2) is 0 Å². The SMILES string of the molecule is CCCCCCCOc1cccc(NCCOc2ccc(C(C)C)cc2)c1. The summed E-state index contributed by atoms with van der Waals surface area (Å²) in [6.45, 7) is 8.81. The highest BCUT2D eigenvalue weighted by Crippen LogP contribution is 2.19. The third-order valence-corrected chi connectivity index (χ3v) is 4.60. The Labute approximate surface area is 165 Å². The van der Waals surface area contributed by atoms with E-state index in [9.17, 15) is 0 Å². The summed E-state index contributed by atoms with van der Waals surface area (Å²) in [6, 6.07) is 16.5. The van der Waals surface area contributed by atoms with Crippen molar-refractivity contribution in [3.8, 4) is 11.5 Å². The molecule has 0 radical (unpaired) electrons. The Morgan fingerprint density at radius 1 is 0.815 bits per heavy atom. The molecular weight excluding hydrogens is 334 g/mol. The fourth-order valence-corrected chi connectivity index (χ4v) is 2.90. The van der Waals surface area contributed by atoms with Gasteiger partial charge in [-0.25, -0.2) is 0 Å². The number of hydrogen-bond donors (Lipinski definition) is 1. The number of ether oxygens (including phenoxy) is 2. The van der Waals surface area contributed by atoms with Gasteiger partial charge in [-0.3, -0.25) is 0 Å². The minimum Gasteiger partial charge on any atom is -0.494 e. The summed E-state index contributed by atoms with van der Waals surface area (Å²) >= 11 is 0. The molecule has 0 aromatic heterocycles. The first-order valence-corrected chi connectivity index (χ1v) is 10.4. The zero-order chi connectivity index (χ0) is 19.3. The standard InChI is InChI=1S/C24H35NO2/c1-4-5-6-7-8-17-26-24-11-9-10-22(19-24)25-16-18-27-23-14-12-21(13-15-23)20(2)3/h9-15,19-20,25H,4-8,16-18H2,1-3H3. The minimum absolute atomic E-state index is 0.548. The van der Waals surface area contributed by atoms with Gasteiger partial charge in [-0.15, -0.1) is 0 Å². The first-order chi connectivity index (χ1) is 13.2. The number of benzene rings is 2. The van der Waals surface area contributed by atoms with Gasteiger partial charge in [0.1, 0.15) is 18.1 Å². The zero-order valence-corrected chi connectivity index (χ0v) is 17.2. The fraction of sp³-hybridized carbons (Fsp3) is 0.500. The molecule has 0 spiro atoms. The van der Waals surface area contributed by atoms with Crippen LogP contribution in [0.3, 0.4) is 0 Å². The van der Waals surface area contributed by atoms with Crippen molar-refractivity contribution < 1.29 is 9.47 Å². The average molecular weight is 370 g/mol. The van der Waals surface area contributed by atoms with Crippen molar-refractivity contribution in [1.29, 1.82) is 0 Å². The molecule has 27 heavy (non-hydrogen) atoms. The lowest BCUT2D eigenvalue weighted by Gasteiger charge is -2.11. The van der Waals surface area contributed by atoms with Crippen molar-refractivity contribution in [3.05, 3.63) is 54.1 Å². The quantitative estimate of drug-likeness (QED) is 0.401. The van der Waals surface area contributed by atoms with Crippen LogP contribution in [0.2, 0.25) is 0 Å². The molecule has 0 saturated heterocycles. The summed E-state index contributed by atoms with van der Waals surface area (Å²) in [5.41, 5.74) is 2.40. The van der Waals surface area contributed by atoms with E-state index < -0.39 is 0 Å². The summed E-state index contributed by atoms with van der Waals surface area (Å²) in [4.78, 5) is 0. The van der Waals surface area contributed by atoms with Crippen molar-refractivity contribution >= 4 is 5.69 Å². The second kappa shape index (κ2) is 12.3. The molecule has 2 aromatic carbocycles. The van der Waals surface area contributed by atoms with Crippen LogP contribution >= 0.6 is 0 Å². The first-order valence-electron chi connectivity index (χ1n) is 10.4. The van der Waals surface area contributed by atoms with E-state index in [1.54, 1.807) is 0 Å². The normalized spacial score (nSPS) is 10.8. The van der Waals surface area contributed by atoms with Gasteiger partial charge in [0.2, 0.25) is 0 Å². The number of hydrogen-bond acceptors (Lipinski definition) is 3. The summed E-state index contributed by atoms with van der Waals surface area (Å²) in [6.07, 6.45) is 6.29. The second-order valence-electron chi connectivity index (χ2n) is 7.29. The third kappa shape index (κ3) is 8.38. The highest BCUT2D eigenvalue weighted by Gasteiger charge is 2.00. The van der Waals surface area contributed by atoms with E-state index in [4.69, 9.17) is 9.47 Å². The molecule has 3 heteroatoms. The molecule has 0 aliphatic rings. The van der Waals surface area contributed by atoms with E-state index in [2.05, 4.69) is 50.4 Å². The van der Waals surface area contributed by atoms with Crippen LogP contribution in [0.15, 0.2) is 48.5 Å². The van der Waals surface area contributed by atoms with Gasteiger partial charge >= 0.3 is 0 Å². The van der Waals surface area contributed by atoms with Crippen LogP contribution in [0, 0.1) is 0 Å². The van der Waals surface area contributed by atoms with E-state index in [1.165, 1.54) is 31.2 Å². The Morgan fingerprint density at radius 3 is 2.30 bits per heavy atom. The van der Waals surface area contributed by atoms with Crippen LogP contribution in [-0.4, -0.2) is 19.8 Å². The van der Waals surface area contributed by atoms with Crippen molar-refractivity contribution in [2.75, 3.05) is 25.1 Å². The van der Waals surface area contributed by atoms with Crippen molar-refractivity contribution in [3.63, 3.8) is 0 Å². The number of rotatable bonds is 13. The first kappa shape index (κ1) is 21.1. The number of nitrogens with one attached hydrogen (secondary N) is 1. The largest absolute Gasteiger partial charge is 0.494 e. The summed E-state index contributed by atoms with van der Waals surface area (Å²) in [5.74, 6) is 2.40. The Kier molecular flexibility index (Phi) is 9.61. The molecule has 0 atom stereocenters. The minimum atomic E-state index is 0.548. The molecule has 0 aliphatic heterocycles. The lowest BCUT2D eigenvalue weighted by molar-refractivity contribution is 0.304. The van der Waals surface area contributed by atoms with E-state index in [1.807, 2.05) is 24.3 Å².